The Balaban J connectivity index is 2.17. The topological polar surface area (TPSA) is 32.5 Å². The third-order valence-corrected chi connectivity index (χ3v) is 3.77. The predicted molar refractivity (Wildman–Crippen MR) is 70.6 cm³/mol. The van der Waals surface area contributed by atoms with E-state index >= 15 is 0 Å². The molecule has 0 aromatic heterocycles. The van der Waals surface area contributed by atoms with Crippen LogP contribution in [0.4, 0.5) is 0 Å². The number of piperazine rings is 1. The Hall–Kier alpha value is -0.120. The molecule has 3 heteroatoms. The van der Waals surface area contributed by atoms with Crippen molar-refractivity contribution in [1.29, 1.82) is 0 Å². The van der Waals surface area contributed by atoms with E-state index in [-0.39, 0.29) is 0 Å². The average molecular weight is 227 g/mol. The first-order valence-electron chi connectivity index (χ1n) is 6.72. The van der Waals surface area contributed by atoms with E-state index in [2.05, 4.69) is 37.5 Å². The summed E-state index contributed by atoms with van der Waals surface area (Å²) in [7, 11) is 0. The van der Waals surface area contributed by atoms with E-state index in [0.717, 1.165) is 6.42 Å². The molecule has 0 saturated carbocycles. The van der Waals surface area contributed by atoms with Crippen LogP contribution in [0.2, 0.25) is 0 Å². The van der Waals surface area contributed by atoms with Crippen LogP contribution < -0.4 is 5.73 Å². The maximum absolute atomic E-state index is 6.07. The van der Waals surface area contributed by atoms with Gasteiger partial charge in [-0.2, -0.15) is 0 Å². The third-order valence-electron chi connectivity index (χ3n) is 3.77. The van der Waals surface area contributed by atoms with E-state index in [1.54, 1.807) is 0 Å². The van der Waals surface area contributed by atoms with Gasteiger partial charge in [0.2, 0.25) is 0 Å². The van der Waals surface area contributed by atoms with Crippen molar-refractivity contribution in [2.24, 2.45) is 11.7 Å². The molecule has 3 nitrogen and oxygen atoms in total. The average Bonchev–Trinajstić information content (AvgIpc) is 2.26. The number of nitrogens with two attached hydrogens (primary N) is 1. The van der Waals surface area contributed by atoms with E-state index < -0.39 is 0 Å². The minimum Gasteiger partial charge on any atom is -0.327 e. The quantitative estimate of drug-likeness (QED) is 0.770. The van der Waals surface area contributed by atoms with Crippen LogP contribution in [0.5, 0.6) is 0 Å². The van der Waals surface area contributed by atoms with Gasteiger partial charge in [-0.1, -0.05) is 13.8 Å². The molecule has 1 atom stereocenters. The van der Waals surface area contributed by atoms with Gasteiger partial charge in [-0.25, -0.2) is 0 Å². The summed E-state index contributed by atoms with van der Waals surface area (Å²) in [6.45, 7) is 15.0. The standard InChI is InChI=1S/C13H29N3/c1-11(2)13(14)5-6-15-7-9-16(10-8-15)12(3)4/h11-13H,5-10,14H2,1-4H3/t13-/m0/s1. The fraction of sp³-hybridized carbons (Fsp3) is 1.00. The summed E-state index contributed by atoms with van der Waals surface area (Å²) < 4.78 is 0. The van der Waals surface area contributed by atoms with Crippen molar-refractivity contribution < 1.29 is 0 Å². The largest absolute Gasteiger partial charge is 0.327 e. The lowest BCUT2D eigenvalue weighted by molar-refractivity contribution is 0.105. The summed E-state index contributed by atoms with van der Waals surface area (Å²) in [5.74, 6) is 0.608. The van der Waals surface area contributed by atoms with Gasteiger partial charge in [0.05, 0.1) is 0 Å². The van der Waals surface area contributed by atoms with Gasteiger partial charge >= 0.3 is 0 Å². The van der Waals surface area contributed by atoms with Gasteiger partial charge in [-0.15, -0.1) is 0 Å². The van der Waals surface area contributed by atoms with E-state index in [1.807, 2.05) is 0 Å². The zero-order valence-corrected chi connectivity index (χ0v) is 11.4. The molecule has 1 fully saturated rings. The molecule has 0 aromatic carbocycles. The zero-order chi connectivity index (χ0) is 12.1. The first-order valence-corrected chi connectivity index (χ1v) is 6.72. The van der Waals surface area contributed by atoms with E-state index in [1.165, 1.54) is 32.7 Å². The highest BCUT2D eigenvalue weighted by molar-refractivity contribution is 4.76. The Kier molecular flexibility index (Phi) is 5.73. The van der Waals surface area contributed by atoms with Crippen LogP contribution in [0.15, 0.2) is 0 Å². The molecule has 0 amide bonds. The van der Waals surface area contributed by atoms with Gasteiger partial charge in [0.1, 0.15) is 0 Å². The molecular formula is C13H29N3. The summed E-state index contributed by atoms with van der Waals surface area (Å²) >= 11 is 0. The maximum atomic E-state index is 6.07. The van der Waals surface area contributed by atoms with Crippen LogP contribution in [0.25, 0.3) is 0 Å². The van der Waals surface area contributed by atoms with Gasteiger partial charge in [0, 0.05) is 38.3 Å². The molecule has 16 heavy (non-hydrogen) atoms. The minimum atomic E-state index is 0.364. The highest BCUT2D eigenvalue weighted by Crippen LogP contribution is 2.08. The molecule has 0 spiro atoms. The van der Waals surface area contributed by atoms with Crippen LogP contribution in [0, 0.1) is 5.92 Å². The SMILES string of the molecule is CC(C)[C@@H](N)CCN1CCN(C(C)C)CC1. The Morgan fingerprint density at radius 2 is 1.56 bits per heavy atom. The van der Waals surface area contributed by atoms with Crippen LogP contribution >= 0.6 is 0 Å². The molecule has 0 radical (unpaired) electrons. The summed E-state index contributed by atoms with van der Waals surface area (Å²) in [6, 6.07) is 1.06. The molecule has 1 rings (SSSR count). The molecule has 1 aliphatic heterocycles. The fourth-order valence-electron chi connectivity index (χ4n) is 2.17. The summed E-state index contributed by atoms with van der Waals surface area (Å²) in [6.07, 6.45) is 1.14. The zero-order valence-electron chi connectivity index (χ0n) is 11.4. The molecule has 0 aromatic rings. The van der Waals surface area contributed by atoms with Crippen molar-refractivity contribution in [2.45, 2.75) is 46.2 Å². The molecule has 1 heterocycles. The van der Waals surface area contributed by atoms with Gasteiger partial charge in [-0.3, -0.25) is 4.90 Å². The summed E-state index contributed by atoms with van der Waals surface area (Å²) in [5.41, 5.74) is 6.07. The second-order valence-corrected chi connectivity index (χ2v) is 5.67. The summed E-state index contributed by atoms with van der Waals surface area (Å²) in [5, 5.41) is 0. The van der Waals surface area contributed by atoms with Crippen LogP contribution in [-0.2, 0) is 0 Å². The Morgan fingerprint density at radius 3 is 2.00 bits per heavy atom. The minimum absolute atomic E-state index is 0.364. The van der Waals surface area contributed by atoms with Crippen molar-refractivity contribution in [3.63, 3.8) is 0 Å². The second-order valence-electron chi connectivity index (χ2n) is 5.67. The van der Waals surface area contributed by atoms with E-state index in [9.17, 15) is 0 Å². The number of rotatable bonds is 5. The number of hydrogen-bond donors (Lipinski definition) is 1. The van der Waals surface area contributed by atoms with Gasteiger partial charge < -0.3 is 10.6 Å². The van der Waals surface area contributed by atoms with Gasteiger partial charge in [-0.05, 0) is 32.7 Å². The van der Waals surface area contributed by atoms with Crippen molar-refractivity contribution in [1.82, 2.24) is 9.80 Å². The number of nitrogens with zero attached hydrogens (tertiary/aromatic N) is 2. The molecule has 0 unspecified atom stereocenters. The smallest absolute Gasteiger partial charge is 0.0113 e. The fourth-order valence-corrected chi connectivity index (χ4v) is 2.17. The molecule has 0 bridgehead atoms. The molecular weight excluding hydrogens is 198 g/mol. The lowest BCUT2D eigenvalue weighted by Gasteiger charge is -2.37. The van der Waals surface area contributed by atoms with Crippen LogP contribution in [0.3, 0.4) is 0 Å². The Labute approximate surface area is 101 Å². The van der Waals surface area contributed by atoms with Crippen LogP contribution in [-0.4, -0.2) is 54.6 Å². The lowest BCUT2D eigenvalue weighted by atomic mass is 10.0. The van der Waals surface area contributed by atoms with Crippen LogP contribution in [0.1, 0.15) is 34.1 Å². The molecule has 1 saturated heterocycles. The molecule has 1 aliphatic rings. The third kappa shape index (κ3) is 4.40. The normalized spacial score (nSPS) is 21.9. The predicted octanol–water partition coefficient (Wildman–Crippen LogP) is 1.39. The van der Waals surface area contributed by atoms with Crippen molar-refractivity contribution in [2.75, 3.05) is 32.7 Å². The molecule has 0 aliphatic carbocycles. The molecule has 96 valence electrons. The van der Waals surface area contributed by atoms with Crippen molar-refractivity contribution >= 4 is 0 Å². The van der Waals surface area contributed by atoms with Crippen molar-refractivity contribution in [3.8, 4) is 0 Å². The number of hydrogen-bond acceptors (Lipinski definition) is 3. The van der Waals surface area contributed by atoms with E-state index in [0.29, 0.717) is 18.0 Å². The first-order chi connectivity index (χ1) is 7.50. The second kappa shape index (κ2) is 6.58. The van der Waals surface area contributed by atoms with Gasteiger partial charge in [0.25, 0.3) is 0 Å². The monoisotopic (exact) mass is 227 g/mol. The molecule has 2 N–H and O–H groups in total. The Morgan fingerprint density at radius 1 is 1.00 bits per heavy atom. The van der Waals surface area contributed by atoms with E-state index in [4.69, 9.17) is 5.73 Å². The van der Waals surface area contributed by atoms with Crippen molar-refractivity contribution in [3.05, 3.63) is 0 Å². The summed E-state index contributed by atoms with van der Waals surface area (Å²) in [4.78, 5) is 5.11. The highest BCUT2D eigenvalue weighted by Gasteiger charge is 2.19. The van der Waals surface area contributed by atoms with Gasteiger partial charge in [0.15, 0.2) is 0 Å². The Bertz CT molecular complexity index is 184. The highest BCUT2D eigenvalue weighted by atomic mass is 15.3. The maximum Gasteiger partial charge on any atom is 0.0113 e. The lowest BCUT2D eigenvalue weighted by Crippen LogP contribution is -2.49. The first kappa shape index (κ1) is 13.9.